The number of hydrogen-bond donors (Lipinski definition) is 1. The summed E-state index contributed by atoms with van der Waals surface area (Å²) in [6.45, 7) is 2.61. The van der Waals surface area contributed by atoms with Crippen molar-refractivity contribution < 1.29 is 18.7 Å². The van der Waals surface area contributed by atoms with E-state index in [2.05, 4.69) is 0 Å². The molecule has 2 N–H and O–H groups in total. The van der Waals surface area contributed by atoms with Crippen molar-refractivity contribution in [3.8, 4) is 0 Å². The van der Waals surface area contributed by atoms with Crippen LogP contribution in [0.2, 0.25) is 0 Å². The second-order valence-electron chi connectivity index (χ2n) is 6.44. The van der Waals surface area contributed by atoms with Crippen LogP contribution in [0.3, 0.4) is 0 Å². The van der Waals surface area contributed by atoms with Gasteiger partial charge in [0.25, 0.3) is 11.8 Å². The fourth-order valence-electron chi connectivity index (χ4n) is 3.42. The molecule has 2 aliphatic rings. The molecule has 2 atom stereocenters. The summed E-state index contributed by atoms with van der Waals surface area (Å²) in [6, 6.07) is 3.66. The lowest BCUT2D eigenvalue weighted by Gasteiger charge is -2.35. The molecule has 0 radical (unpaired) electrons. The van der Waals surface area contributed by atoms with Gasteiger partial charge in [-0.05, 0) is 18.9 Å². The first-order chi connectivity index (χ1) is 12.2. The number of carbonyl (C=O) groups excluding carboxylic acids is 2. The van der Waals surface area contributed by atoms with Crippen molar-refractivity contribution >= 4 is 33.4 Å². The summed E-state index contributed by atoms with van der Waals surface area (Å²) in [5.74, 6) is 0.0282. The van der Waals surface area contributed by atoms with Gasteiger partial charge in [0.05, 0.1) is 21.9 Å². The van der Waals surface area contributed by atoms with Crippen LogP contribution in [0.1, 0.15) is 22.5 Å². The highest BCUT2D eigenvalue weighted by atomic mass is 32.1. The Morgan fingerprint density at radius 1 is 1.20 bits per heavy atom. The van der Waals surface area contributed by atoms with Crippen molar-refractivity contribution in [3.63, 3.8) is 0 Å². The molecule has 7 nitrogen and oxygen atoms in total. The lowest BCUT2D eigenvalue weighted by atomic mass is 10.1. The highest BCUT2D eigenvalue weighted by molar-refractivity contribution is 7.20. The van der Waals surface area contributed by atoms with Gasteiger partial charge in [-0.3, -0.25) is 9.59 Å². The fourth-order valence-corrected chi connectivity index (χ4v) is 4.37. The van der Waals surface area contributed by atoms with Gasteiger partial charge < -0.3 is 24.7 Å². The highest BCUT2D eigenvalue weighted by Crippen LogP contribution is 2.28. The minimum absolute atomic E-state index is 0.00353. The topological polar surface area (TPSA) is 89.0 Å². The Bertz CT molecular complexity index is 749. The Hall–Kier alpha value is -1.90. The molecule has 25 heavy (non-hydrogen) atoms. The Morgan fingerprint density at radius 3 is 2.64 bits per heavy atom. The van der Waals surface area contributed by atoms with Crippen molar-refractivity contribution in [3.05, 3.63) is 23.3 Å². The zero-order valence-corrected chi connectivity index (χ0v) is 14.7. The van der Waals surface area contributed by atoms with Gasteiger partial charge in [0.15, 0.2) is 0 Å². The summed E-state index contributed by atoms with van der Waals surface area (Å²) < 4.78 is 12.0. The van der Waals surface area contributed by atoms with E-state index in [0.717, 1.165) is 23.1 Å². The second kappa shape index (κ2) is 6.78. The first-order valence-corrected chi connectivity index (χ1v) is 9.38. The zero-order chi connectivity index (χ0) is 17.4. The number of piperazine rings is 1. The van der Waals surface area contributed by atoms with Crippen LogP contribution in [-0.2, 0) is 9.53 Å². The third kappa shape index (κ3) is 3.17. The largest absolute Gasteiger partial charge is 0.463 e. The number of thiophene rings is 1. The predicted molar refractivity (Wildman–Crippen MR) is 93.5 cm³/mol. The molecule has 4 heterocycles. The summed E-state index contributed by atoms with van der Waals surface area (Å²) in [5, 5.41) is 0. The van der Waals surface area contributed by atoms with Gasteiger partial charge in [-0.15, -0.1) is 11.3 Å². The van der Waals surface area contributed by atoms with E-state index in [1.807, 2.05) is 6.07 Å². The Labute approximate surface area is 149 Å². The van der Waals surface area contributed by atoms with Crippen molar-refractivity contribution in [2.45, 2.75) is 25.0 Å². The van der Waals surface area contributed by atoms with Crippen LogP contribution in [0.25, 0.3) is 10.3 Å². The average molecular weight is 363 g/mol. The zero-order valence-electron chi connectivity index (χ0n) is 13.8. The lowest BCUT2D eigenvalue weighted by Crippen LogP contribution is -2.52. The van der Waals surface area contributed by atoms with Gasteiger partial charge in [0.2, 0.25) is 0 Å². The summed E-state index contributed by atoms with van der Waals surface area (Å²) >= 11 is 1.44. The number of nitrogens with zero attached hydrogens (tertiary/aromatic N) is 2. The van der Waals surface area contributed by atoms with Gasteiger partial charge in [-0.2, -0.15) is 0 Å². The maximum atomic E-state index is 12.6. The number of rotatable bonds is 3. The molecule has 2 fully saturated rings. The summed E-state index contributed by atoms with van der Waals surface area (Å²) in [5.41, 5.74) is 6.35. The molecule has 2 amide bonds. The van der Waals surface area contributed by atoms with Gasteiger partial charge in [-0.25, -0.2) is 0 Å². The Morgan fingerprint density at radius 2 is 1.96 bits per heavy atom. The summed E-state index contributed by atoms with van der Waals surface area (Å²) in [6.07, 6.45) is 2.81. The summed E-state index contributed by atoms with van der Waals surface area (Å²) in [4.78, 5) is 29.4. The molecule has 4 rings (SSSR count). The van der Waals surface area contributed by atoms with Gasteiger partial charge in [-0.1, -0.05) is 0 Å². The Balaban J connectivity index is 1.34. The van der Waals surface area contributed by atoms with Crippen molar-refractivity contribution in [1.29, 1.82) is 0 Å². The number of amides is 2. The molecule has 8 heteroatoms. The molecule has 134 valence electrons. The minimum Gasteiger partial charge on any atom is -0.463 e. The van der Waals surface area contributed by atoms with Crippen LogP contribution in [0.15, 0.2) is 22.8 Å². The first kappa shape index (κ1) is 16.6. The highest BCUT2D eigenvalue weighted by Gasteiger charge is 2.34. The number of nitrogens with two attached hydrogens (primary N) is 1. The molecule has 0 saturated carbocycles. The number of ether oxygens (including phenoxy) is 1. The van der Waals surface area contributed by atoms with Crippen molar-refractivity contribution in [2.75, 3.05) is 32.7 Å². The van der Waals surface area contributed by atoms with E-state index in [4.69, 9.17) is 14.9 Å². The maximum absolute atomic E-state index is 12.6. The molecule has 2 aliphatic heterocycles. The fraction of sp³-hybridized carbons (Fsp3) is 0.529. The molecule has 0 aliphatic carbocycles. The standard InChI is InChI=1S/C17H21N3O4S/c18-10-11-1-2-12(24-11)16(21)19-4-6-20(7-5-19)17(22)15-9-13-14(25-15)3-8-23-13/h3,8-9,11-12H,1-2,4-7,10,18H2/t11-,12+/m1/s1. The molecular weight excluding hydrogens is 342 g/mol. The Kier molecular flexibility index (Phi) is 4.49. The molecule has 2 saturated heterocycles. The summed E-state index contributed by atoms with van der Waals surface area (Å²) in [7, 11) is 0. The van der Waals surface area contributed by atoms with E-state index < -0.39 is 0 Å². The number of furan rings is 1. The first-order valence-electron chi connectivity index (χ1n) is 8.56. The molecule has 0 aromatic carbocycles. The SMILES string of the molecule is NC[C@H]1CC[C@@H](C(=O)N2CCN(C(=O)c3cc4occc4s3)CC2)O1. The average Bonchev–Trinajstić information content (AvgIpc) is 3.35. The van der Waals surface area contributed by atoms with Gasteiger partial charge >= 0.3 is 0 Å². The van der Waals surface area contributed by atoms with Gasteiger partial charge in [0.1, 0.15) is 11.7 Å². The van der Waals surface area contributed by atoms with E-state index in [1.54, 1.807) is 22.1 Å². The predicted octanol–water partition coefficient (Wildman–Crippen LogP) is 1.29. The molecule has 2 aromatic heterocycles. The normalized spacial score (nSPS) is 24.2. The monoisotopic (exact) mass is 363 g/mol. The quantitative estimate of drug-likeness (QED) is 0.887. The molecule has 2 aromatic rings. The second-order valence-corrected chi connectivity index (χ2v) is 7.52. The molecule has 0 spiro atoms. The smallest absolute Gasteiger partial charge is 0.264 e. The molecule has 0 unspecified atom stereocenters. The van der Waals surface area contributed by atoms with Crippen LogP contribution < -0.4 is 5.73 Å². The van der Waals surface area contributed by atoms with E-state index in [9.17, 15) is 9.59 Å². The third-order valence-electron chi connectivity index (χ3n) is 4.87. The van der Waals surface area contributed by atoms with Crippen LogP contribution in [-0.4, -0.2) is 66.5 Å². The van der Waals surface area contributed by atoms with E-state index in [-0.39, 0.29) is 24.0 Å². The van der Waals surface area contributed by atoms with E-state index >= 15 is 0 Å². The lowest BCUT2D eigenvalue weighted by molar-refractivity contribution is -0.144. The van der Waals surface area contributed by atoms with E-state index in [0.29, 0.717) is 37.6 Å². The third-order valence-corrected chi connectivity index (χ3v) is 5.94. The number of hydrogen-bond acceptors (Lipinski definition) is 6. The van der Waals surface area contributed by atoms with E-state index in [1.165, 1.54) is 11.3 Å². The van der Waals surface area contributed by atoms with Crippen LogP contribution in [0.5, 0.6) is 0 Å². The van der Waals surface area contributed by atoms with Crippen molar-refractivity contribution in [1.82, 2.24) is 9.80 Å². The molecular formula is C17H21N3O4S. The van der Waals surface area contributed by atoms with Crippen LogP contribution in [0, 0.1) is 0 Å². The number of fused-ring (bicyclic) bond motifs is 1. The number of carbonyl (C=O) groups is 2. The van der Waals surface area contributed by atoms with Crippen LogP contribution in [0.4, 0.5) is 0 Å². The van der Waals surface area contributed by atoms with Gasteiger partial charge in [0, 0.05) is 38.8 Å². The maximum Gasteiger partial charge on any atom is 0.264 e. The van der Waals surface area contributed by atoms with Crippen LogP contribution >= 0.6 is 11.3 Å². The van der Waals surface area contributed by atoms with Crippen molar-refractivity contribution in [2.24, 2.45) is 5.73 Å². The minimum atomic E-state index is -0.375. The molecule has 0 bridgehead atoms.